The van der Waals surface area contributed by atoms with Gasteiger partial charge in [-0.3, -0.25) is 4.79 Å². The molecule has 0 amide bonds. The Kier molecular flexibility index (Phi) is 4.41. The molecule has 1 heterocycles. The third-order valence-electron chi connectivity index (χ3n) is 2.94. The summed E-state index contributed by atoms with van der Waals surface area (Å²) in [5, 5.41) is 3.38. The number of nitrogens with one attached hydrogen (secondary N) is 1. The number of halogens is 2. The summed E-state index contributed by atoms with van der Waals surface area (Å²) in [6.45, 7) is 3.61. The molecule has 19 heavy (non-hydrogen) atoms. The highest BCUT2D eigenvalue weighted by molar-refractivity contribution is 14.1. The Balaban J connectivity index is 2.77. The molecular formula is C13H15FIN3O. The Hall–Kier alpha value is -1.15. The molecule has 1 aromatic heterocycles. The normalized spacial score (nSPS) is 10.9. The van der Waals surface area contributed by atoms with Crippen LogP contribution < -0.4 is 16.5 Å². The molecule has 3 N–H and O–H groups in total. The van der Waals surface area contributed by atoms with Gasteiger partial charge in [-0.05, 0) is 35.6 Å². The molecule has 102 valence electrons. The third kappa shape index (κ3) is 2.59. The van der Waals surface area contributed by atoms with Gasteiger partial charge in [-0.15, -0.1) is 0 Å². The van der Waals surface area contributed by atoms with Gasteiger partial charge in [-0.1, -0.05) is 0 Å². The van der Waals surface area contributed by atoms with Gasteiger partial charge in [-0.2, -0.15) is 0 Å². The van der Waals surface area contributed by atoms with Crippen LogP contribution in [0.15, 0.2) is 23.1 Å². The van der Waals surface area contributed by atoms with E-state index in [1.807, 2.05) is 11.5 Å². The first kappa shape index (κ1) is 14.3. The molecule has 0 fully saturated rings. The van der Waals surface area contributed by atoms with Crippen molar-refractivity contribution in [3.05, 3.63) is 37.9 Å². The minimum absolute atomic E-state index is 0.165. The zero-order valence-electron chi connectivity index (χ0n) is 10.5. The van der Waals surface area contributed by atoms with Gasteiger partial charge in [0.25, 0.3) is 0 Å². The summed E-state index contributed by atoms with van der Waals surface area (Å²) in [7, 11) is 0. The Bertz CT molecular complexity index is 669. The first-order chi connectivity index (χ1) is 9.10. The maximum Gasteiger partial charge on any atom is 0.189 e. The van der Waals surface area contributed by atoms with Gasteiger partial charge in [-0.25, -0.2) is 4.39 Å². The number of hydrogen-bond donors (Lipinski definition) is 2. The topological polar surface area (TPSA) is 60.0 Å². The Morgan fingerprint density at radius 1 is 1.53 bits per heavy atom. The number of aryl methyl sites for hydroxylation is 1. The van der Waals surface area contributed by atoms with Gasteiger partial charge in [0, 0.05) is 37.3 Å². The summed E-state index contributed by atoms with van der Waals surface area (Å²) in [4.78, 5) is 11.9. The molecule has 0 saturated carbocycles. The van der Waals surface area contributed by atoms with Crippen molar-refractivity contribution in [1.29, 1.82) is 0 Å². The van der Waals surface area contributed by atoms with Gasteiger partial charge in [0.2, 0.25) is 0 Å². The molecule has 1 aromatic carbocycles. The maximum atomic E-state index is 14.1. The van der Waals surface area contributed by atoms with Crippen molar-refractivity contribution >= 4 is 39.2 Å². The van der Waals surface area contributed by atoms with Crippen LogP contribution in [-0.4, -0.2) is 17.7 Å². The fraction of sp³-hybridized carbons (Fsp3) is 0.308. The number of nitrogens with two attached hydrogens (primary N) is 1. The van der Waals surface area contributed by atoms with Crippen LogP contribution in [0.4, 0.5) is 10.1 Å². The fourth-order valence-electron chi connectivity index (χ4n) is 2.02. The molecule has 0 aliphatic carbocycles. The SMILES string of the molecule is CCn1ccc(=O)c2cc(F)c(NCCN)c(I)c21. The van der Waals surface area contributed by atoms with E-state index in [-0.39, 0.29) is 5.43 Å². The number of pyridine rings is 1. The summed E-state index contributed by atoms with van der Waals surface area (Å²) in [5.41, 5.74) is 6.43. The molecule has 0 radical (unpaired) electrons. The molecule has 2 rings (SSSR count). The van der Waals surface area contributed by atoms with Crippen molar-refractivity contribution < 1.29 is 4.39 Å². The molecule has 0 atom stereocenters. The Morgan fingerprint density at radius 2 is 2.26 bits per heavy atom. The monoisotopic (exact) mass is 375 g/mol. The van der Waals surface area contributed by atoms with E-state index in [1.54, 1.807) is 6.20 Å². The lowest BCUT2D eigenvalue weighted by atomic mass is 10.1. The average molecular weight is 375 g/mol. The van der Waals surface area contributed by atoms with E-state index < -0.39 is 5.82 Å². The second-order valence-electron chi connectivity index (χ2n) is 4.12. The number of anilines is 1. The standard InChI is InChI=1S/C13H15FIN3O/c1-2-18-6-3-10(19)8-7-9(14)12(17-5-4-16)11(15)13(8)18/h3,6-7,17H,2,4-5,16H2,1H3. The van der Waals surface area contributed by atoms with Crippen LogP contribution in [-0.2, 0) is 6.54 Å². The van der Waals surface area contributed by atoms with Crippen molar-refractivity contribution in [3.63, 3.8) is 0 Å². The predicted octanol–water partition coefficient (Wildman–Crippen LogP) is 2.14. The summed E-state index contributed by atoms with van der Waals surface area (Å²) >= 11 is 2.07. The van der Waals surface area contributed by atoms with Crippen molar-refractivity contribution in [2.75, 3.05) is 18.4 Å². The van der Waals surface area contributed by atoms with E-state index in [9.17, 15) is 9.18 Å². The first-order valence-electron chi connectivity index (χ1n) is 6.05. The van der Waals surface area contributed by atoms with Crippen molar-refractivity contribution in [2.45, 2.75) is 13.5 Å². The van der Waals surface area contributed by atoms with E-state index in [0.717, 1.165) is 12.1 Å². The predicted molar refractivity (Wildman–Crippen MR) is 84.1 cm³/mol. The molecular weight excluding hydrogens is 360 g/mol. The number of benzene rings is 1. The van der Waals surface area contributed by atoms with Gasteiger partial charge in [0.1, 0.15) is 5.82 Å². The average Bonchev–Trinajstić information content (AvgIpc) is 2.40. The summed E-state index contributed by atoms with van der Waals surface area (Å²) in [6, 6.07) is 2.76. The Morgan fingerprint density at radius 3 is 2.89 bits per heavy atom. The molecule has 6 heteroatoms. The second-order valence-corrected chi connectivity index (χ2v) is 5.20. The zero-order valence-corrected chi connectivity index (χ0v) is 12.7. The van der Waals surface area contributed by atoms with Crippen LogP contribution in [0, 0.1) is 9.39 Å². The van der Waals surface area contributed by atoms with Crippen molar-refractivity contribution in [1.82, 2.24) is 4.57 Å². The van der Waals surface area contributed by atoms with E-state index in [1.165, 1.54) is 12.1 Å². The number of rotatable bonds is 4. The lowest BCUT2D eigenvalue weighted by molar-refractivity contribution is 0.630. The number of nitrogens with zero attached hydrogens (tertiary/aromatic N) is 1. The van der Waals surface area contributed by atoms with Crippen LogP contribution >= 0.6 is 22.6 Å². The molecule has 0 aliphatic rings. The highest BCUT2D eigenvalue weighted by Gasteiger charge is 2.15. The fourth-order valence-corrected chi connectivity index (χ4v) is 3.07. The summed E-state index contributed by atoms with van der Waals surface area (Å²) in [6.07, 6.45) is 1.73. The third-order valence-corrected chi connectivity index (χ3v) is 3.99. The maximum absolute atomic E-state index is 14.1. The van der Waals surface area contributed by atoms with E-state index in [0.29, 0.717) is 27.7 Å². The van der Waals surface area contributed by atoms with Gasteiger partial charge in [0.15, 0.2) is 5.43 Å². The van der Waals surface area contributed by atoms with Crippen LogP contribution in [0.1, 0.15) is 6.92 Å². The molecule has 2 aromatic rings. The van der Waals surface area contributed by atoms with Crippen LogP contribution in [0.3, 0.4) is 0 Å². The lowest BCUT2D eigenvalue weighted by Gasteiger charge is -2.15. The lowest BCUT2D eigenvalue weighted by Crippen LogP contribution is -2.16. The molecule has 0 bridgehead atoms. The first-order valence-corrected chi connectivity index (χ1v) is 7.13. The highest BCUT2D eigenvalue weighted by Crippen LogP contribution is 2.29. The molecule has 4 nitrogen and oxygen atoms in total. The van der Waals surface area contributed by atoms with E-state index in [2.05, 4.69) is 27.9 Å². The minimum Gasteiger partial charge on any atom is -0.380 e. The number of aromatic nitrogens is 1. The van der Waals surface area contributed by atoms with Gasteiger partial charge < -0.3 is 15.6 Å². The number of fused-ring (bicyclic) bond motifs is 1. The van der Waals surface area contributed by atoms with Crippen molar-refractivity contribution in [2.24, 2.45) is 5.73 Å². The number of hydrogen-bond acceptors (Lipinski definition) is 3. The van der Waals surface area contributed by atoms with Crippen LogP contribution in [0.5, 0.6) is 0 Å². The zero-order chi connectivity index (χ0) is 14.0. The quantitative estimate of drug-likeness (QED) is 0.806. The van der Waals surface area contributed by atoms with Crippen LogP contribution in [0.2, 0.25) is 0 Å². The summed E-state index contributed by atoms with van der Waals surface area (Å²) in [5.74, 6) is -0.420. The molecule has 0 aliphatic heterocycles. The van der Waals surface area contributed by atoms with Crippen molar-refractivity contribution in [3.8, 4) is 0 Å². The highest BCUT2D eigenvalue weighted by atomic mass is 127. The van der Waals surface area contributed by atoms with Gasteiger partial charge in [0.05, 0.1) is 14.8 Å². The van der Waals surface area contributed by atoms with Crippen LogP contribution in [0.25, 0.3) is 10.9 Å². The van der Waals surface area contributed by atoms with E-state index in [4.69, 9.17) is 5.73 Å². The smallest absolute Gasteiger partial charge is 0.189 e. The van der Waals surface area contributed by atoms with Gasteiger partial charge >= 0.3 is 0 Å². The molecule has 0 saturated heterocycles. The molecule has 0 unspecified atom stereocenters. The largest absolute Gasteiger partial charge is 0.380 e. The summed E-state index contributed by atoms with van der Waals surface area (Å²) < 4.78 is 16.7. The Labute approximate surface area is 123 Å². The minimum atomic E-state index is -0.420. The van der Waals surface area contributed by atoms with E-state index >= 15 is 0 Å². The molecule has 0 spiro atoms. The second kappa shape index (κ2) is 5.87.